The summed E-state index contributed by atoms with van der Waals surface area (Å²) in [6.45, 7) is 1.09. The zero-order valence-electron chi connectivity index (χ0n) is 14.0. The van der Waals surface area contributed by atoms with Gasteiger partial charge in [-0.25, -0.2) is 0 Å². The number of carbonyl (C=O) groups is 2. The molecule has 3 rings (SSSR count). The Morgan fingerprint density at radius 1 is 1.12 bits per heavy atom. The second-order valence-electron chi connectivity index (χ2n) is 6.26. The predicted octanol–water partition coefficient (Wildman–Crippen LogP) is 3.55. The molecule has 25 heavy (non-hydrogen) atoms. The van der Waals surface area contributed by atoms with Gasteiger partial charge in [-0.2, -0.15) is 0 Å². The van der Waals surface area contributed by atoms with Crippen molar-refractivity contribution in [3.8, 4) is 0 Å². The van der Waals surface area contributed by atoms with Gasteiger partial charge in [-0.05, 0) is 42.7 Å². The van der Waals surface area contributed by atoms with Crippen LogP contribution < -0.4 is 10.2 Å². The van der Waals surface area contributed by atoms with E-state index < -0.39 is 0 Å². The smallest absolute Gasteiger partial charge is 0.227 e. The number of hydrogen-bond acceptors (Lipinski definition) is 2. The first-order chi connectivity index (χ1) is 12.1. The highest BCUT2D eigenvalue weighted by Crippen LogP contribution is 2.26. The summed E-state index contributed by atoms with van der Waals surface area (Å²) in [6, 6.07) is 17.8. The average molecular weight is 401 g/mol. The van der Waals surface area contributed by atoms with Gasteiger partial charge in [0, 0.05) is 29.7 Å². The second kappa shape index (κ2) is 8.30. The van der Waals surface area contributed by atoms with E-state index in [-0.39, 0.29) is 24.2 Å². The largest absolute Gasteiger partial charge is 0.356 e. The molecule has 2 aromatic rings. The number of amides is 2. The Kier molecular flexibility index (Phi) is 5.87. The van der Waals surface area contributed by atoms with Crippen molar-refractivity contribution < 1.29 is 9.59 Å². The van der Waals surface area contributed by atoms with Gasteiger partial charge >= 0.3 is 0 Å². The van der Waals surface area contributed by atoms with Crippen LogP contribution >= 0.6 is 15.9 Å². The Morgan fingerprint density at radius 3 is 2.56 bits per heavy atom. The summed E-state index contributed by atoms with van der Waals surface area (Å²) in [5.41, 5.74) is 2.11. The molecule has 1 heterocycles. The van der Waals surface area contributed by atoms with Crippen molar-refractivity contribution in [2.45, 2.75) is 19.3 Å². The molecule has 0 saturated carbocycles. The fraction of sp³-hybridized carbons (Fsp3) is 0.300. The molecule has 0 radical (unpaired) electrons. The van der Waals surface area contributed by atoms with Gasteiger partial charge in [0.1, 0.15) is 0 Å². The number of nitrogens with zero attached hydrogens (tertiary/aromatic N) is 1. The highest BCUT2D eigenvalue weighted by atomic mass is 79.9. The average Bonchev–Trinajstić information content (AvgIpc) is 3.02. The molecule has 1 N–H and O–H groups in total. The third-order valence-electron chi connectivity index (χ3n) is 4.42. The van der Waals surface area contributed by atoms with Crippen molar-refractivity contribution in [2.75, 3.05) is 18.0 Å². The molecule has 0 aromatic heterocycles. The Labute approximate surface area is 156 Å². The number of aryl methyl sites for hydroxylation is 1. The molecule has 130 valence electrons. The van der Waals surface area contributed by atoms with Crippen LogP contribution in [0.2, 0.25) is 0 Å². The van der Waals surface area contributed by atoms with Crippen LogP contribution in [-0.2, 0) is 16.0 Å². The summed E-state index contributed by atoms with van der Waals surface area (Å²) in [6.07, 6.45) is 2.11. The molecule has 1 aliphatic rings. The van der Waals surface area contributed by atoms with E-state index in [2.05, 4.69) is 33.4 Å². The summed E-state index contributed by atoms with van der Waals surface area (Å²) in [5.74, 6) is -0.291. The highest BCUT2D eigenvalue weighted by molar-refractivity contribution is 9.10. The van der Waals surface area contributed by atoms with Crippen molar-refractivity contribution in [1.82, 2.24) is 5.32 Å². The quantitative estimate of drug-likeness (QED) is 0.753. The summed E-state index contributed by atoms with van der Waals surface area (Å²) in [5, 5.41) is 2.97. The van der Waals surface area contributed by atoms with E-state index in [0.29, 0.717) is 13.1 Å². The minimum Gasteiger partial charge on any atom is -0.356 e. The number of carbonyl (C=O) groups excluding carboxylic acids is 2. The molecule has 2 aromatic carbocycles. The molecule has 1 aliphatic heterocycles. The highest BCUT2D eigenvalue weighted by Gasteiger charge is 2.34. The van der Waals surface area contributed by atoms with Gasteiger partial charge in [0.25, 0.3) is 0 Å². The van der Waals surface area contributed by atoms with Crippen molar-refractivity contribution >= 4 is 33.4 Å². The van der Waals surface area contributed by atoms with Crippen LogP contribution in [0.4, 0.5) is 5.69 Å². The fourth-order valence-electron chi connectivity index (χ4n) is 3.05. The minimum atomic E-state index is -0.270. The molecule has 4 nitrogen and oxygen atoms in total. The van der Waals surface area contributed by atoms with E-state index >= 15 is 0 Å². The number of anilines is 1. The first-order valence-electron chi connectivity index (χ1n) is 8.51. The molecule has 2 amide bonds. The van der Waals surface area contributed by atoms with Crippen LogP contribution in [-0.4, -0.2) is 24.9 Å². The van der Waals surface area contributed by atoms with E-state index in [9.17, 15) is 9.59 Å². The summed E-state index contributed by atoms with van der Waals surface area (Å²) in [7, 11) is 0. The SMILES string of the molecule is O=C(NCCCc1ccccc1)[C@H]1CC(=O)N(c2ccc(Br)cc2)C1. The lowest BCUT2D eigenvalue weighted by atomic mass is 10.1. The van der Waals surface area contributed by atoms with Gasteiger partial charge in [-0.15, -0.1) is 0 Å². The Morgan fingerprint density at radius 2 is 1.84 bits per heavy atom. The van der Waals surface area contributed by atoms with E-state index in [1.165, 1.54) is 5.56 Å². The Bertz CT molecular complexity index is 731. The minimum absolute atomic E-state index is 0.00626. The second-order valence-corrected chi connectivity index (χ2v) is 7.18. The lowest BCUT2D eigenvalue weighted by molar-refractivity contribution is -0.126. The van der Waals surface area contributed by atoms with Crippen molar-refractivity contribution in [3.63, 3.8) is 0 Å². The maximum absolute atomic E-state index is 12.3. The monoisotopic (exact) mass is 400 g/mol. The van der Waals surface area contributed by atoms with Gasteiger partial charge < -0.3 is 10.2 Å². The number of nitrogens with one attached hydrogen (secondary N) is 1. The molecular formula is C20H21BrN2O2. The lowest BCUT2D eigenvalue weighted by Gasteiger charge is -2.16. The van der Waals surface area contributed by atoms with Gasteiger partial charge in [0.05, 0.1) is 5.92 Å². The van der Waals surface area contributed by atoms with E-state index in [4.69, 9.17) is 0 Å². The van der Waals surface area contributed by atoms with Crippen LogP contribution in [0.1, 0.15) is 18.4 Å². The molecule has 5 heteroatoms. The van der Waals surface area contributed by atoms with Crippen LogP contribution in [0, 0.1) is 5.92 Å². The summed E-state index contributed by atoms with van der Waals surface area (Å²) in [4.78, 5) is 26.3. The van der Waals surface area contributed by atoms with Gasteiger partial charge in [0.15, 0.2) is 0 Å². The predicted molar refractivity (Wildman–Crippen MR) is 102 cm³/mol. The molecule has 0 unspecified atom stereocenters. The molecule has 0 aliphatic carbocycles. The molecule has 1 atom stereocenters. The maximum Gasteiger partial charge on any atom is 0.227 e. The number of hydrogen-bond donors (Lipinski definition) is 1. The summed E-state index contributed by atoms with van der Waals surface area (Å²) < 4.78 is 0.968. The Hall–Kier alpha value is -2.14. The standard InChI is InChI=1S/C20H21BrN2O2/c21-17-8-10-18(11-9-17)23-14-16(13-19(23)24)20(25)22-12-4-7-15-5-2-1-3-6-15/h1-3,5-6,8-11,16H,4,7,12-14H2,(H,22,25)/t16-/m0/s1. The van der Waals surface area contributed by atoms with Crippen molar-refractivity contribution in [3.05, 3.63) is 64.6 Å². The third-order valence-corrected chi connectivity index (χ3v) is 4.95. The molecular weight excluding hydrogens is 380 g/mol. The number of halogens is 1. The molecule has 1 fully saturated rings. The number of rotatable bonds is 6. The van der Waals surface area contributed by atoms with Crippen LogP contribution in [0.15, 0.2) is 59.1 Å². The van der Waals surface area contributed by atoms with E-state index in [1.54, 1.807) is 4.90 Å². The zero-order chi connectivity index (χ0) is 17.6. The van der Waals surface area contributed by atoms with Crippen LogP contribution in [0.5, 0.6) is 0 Å². The van der Waals surface area contributed by atoms with Crippen LogP contribution in [0.3, 0.4) is 0 Å². The first kappa shape index (κ1) is 17.7. The number of benzene rings is 2. The van der Waals surface area contributed by atoms with Crippen molar-refractivity contribution in [2.24, 2.45) is 5.92 Å². The van der Waals surface area contributed by atoms with Crippen LogP contribution in [0.25, 0.3) is 0 Å². The first-order valence-corrected chi connectivity index (χ1v) is 9.30. The lowest BCUT2D eigenvalue weighted by Crippen LogP contribution is -2.33. The maximum atomic E-state index is 12.3. The van der Waals surface area contributed by atoms with E-state index in [1.807, 2.05) is 42.5 Å². The topological polar surface area (TPSA) is 49.4 Å². The van der Waals surface area contributed by atoms with E-state index in [0.717, 1.165) is 23.0 Å². The molecule has 1 saturated heterocycles. The zero-order valence-corrected chi connectivity index (χ0v) is 15.5. The molecule has 0 spiro atoms. The van der Waals surface area contributed by atoms with Gasteiger partial charge in [-0.3, -0.25) is 9.59 Å². The van der Waals surface area contributed by atoms with Crippen molar-refractivity contribution in [1.29, 1.82) is 0 Å². The summed E-state index contributed by atoms with van der Waals surface area (Å²) >= 11 is 3.39. The molecule has 0 bridgehead atoms. The Balaban J connectivity index is 1.46. The fourth-order valence-corrected chi connectivity index (χ4v) is 3.31. The normalized spacial score (nSPS) is 16.9. The van der Waals surface area contributed by atoms with Gasteiger partial charge in [-0.1, -0.05) is 46.3 Å². The third kappa shape index (κ3) is 4.69. The van der Waals surface area contributed by atoms with Gasteiger partial charge in [0.2, 0.25) is 11.8 Å².